The number of rotatable bonds is 4. The molecule has 4 rings (SSSR count). The van der Waals surface area contributed by atoms with E-state index < -0.39 is 0 Å². The lowest BCUT2D eigenvalue weighted by atomic mass is 9.94. The number of carbonyl (C=O) groups is 1. The number of pyridine rings is 2. The van der Waals surface area contributed by atoms with Gasteiger partial charge in [-0.2, -0.15) is 0 Å². The Hall–Kier alpha value is -3.25. The first-order valence-corrected chi connectivity index (χ1v) is 9.81. The number of nitrogens with one attached hydrogen (secondary N) is 1. The van der Waals surface area contributed by atoms with Crippen LogP contribution in [-0.4, -0.2) is 35.4 Å². The molecule has 1 aliphatic heterocycles. The second kappa shape index (κ2) is 8.01. The van der Waals surface area contributed by atoms with E-state index in [-0.39, 0.29) is 17.6 Å². The normalized spacial score (nSPS) is 16.6. The summed E-state index contributed by atoms with van der Waals surface area (Å²) >= 11 is 0. The van der Waals surface area contributed by atoms with Crippen LogP contribution in [-0.2, 0) is 0 Å². The zero-order valence-electron chi connectivity index (χ0n) is 16.7. The third kappa shape index (κ3) is 3.84. The lowest BCUT2D eigenvalue weighted by molar-refractivity contribution is 0.103. The fraction of sp³-hybridized carbons (Fsp3) is 0.261. The number of aryl methyl sites for hydroxylation is 2. The number of piperazine rings is 1. The Bertz CT molecular complexity index is 1030. The molecule has 1 fully saturated rings. The van der Waals surface area contributed by atoms with E-state index in [2.05, 4.69) is 52.2 Å². The van der Waals surface area contributed by atoms with Crippen LogP contribution in [0.15, 0.2) is 54.7 Å². The SMILES string of the molecule is Cc1cccc(C)c1C1CN(c2cccc(C(=O)c3cccnc3N)n2)CCN1. The minimum absolute atomic E-state index is 0.209. The number of benzene rings is 1. The van der Waals surface area contributed by atoms with E-state index in [4.69, 9.17) is 5.73 Å². The van der Waals surface area contributed by atoms with Gasteiger partial charge >= 0.3 is 0 Å². The largest absolute Gasteiger partial charge is 0.383 e. The molecule has 1 aliphatic rings. The van der Waals surface area contributed by atoms with Crippen molar-refractivity contribution >= 4 is 17.4 Å². The standard InChI is InChI=1S/C23H25N5O/c1-15-6-3-7-16(2)21(15)19-14-28(13-12-25-19)20-10-4-9-18(27-20)22(29)17-8-5-11-26-23(17)24/h3-11,19,25H,12-14H2,1-2H3,(H2,24,26). The van der Waals surface area contributed by atoms with E-state index in [0.717, 1.165) is 25.5 Å². The predicted molar refractivity (Wildman–Crippen MR) is 115 cm³/mol. The van der Waals surface area contributed by atoms with Crippen molar-refractivity contribution in [2.24, 2.45) is 0 Å². The Labute approximate surface area is 170 Å². The van der Waals surface area contributed by atoms with Gasteiger partial charge in [0, 0.05) is 25.8 Å². The fourth-order valence-electron chi connectivity index (χ4n) is 4.00. The summed E-state index contributed by atoms with van der Waals surface area (Å²) in [5, 5.41) is 3.63. The van der Waals surface area contributed by atoms with Gasteiger partial charge in [-0.25, -0.2) is 9.97 Å². The van der Waals surface area contributed by atoms with Crippen LogP contribution < -0.4 is 16.0 Å². The molecular formula is C23H25N5O. The fourth-order valence-corrected chi connectivity index (χ4v) is 4.00. The molecule has 1 saturated heterocycles. The molecular weight excluding hydrogens is 362 g/mol. The monoisotopic (exact) mass is 387 g/mol. The maximum atomic E-state index is 12.9. The van der Waals surface area contributed by atoms with Crippen LogP contribution in [0.4, 0.5) is 11.6 Å². The van der Waals surface area contributed by atoms with Gasteiger partial charge in [0.25, 0.3) is 0 Å². The van der Waals surface area contributed by atoms with Crippen molar-refractivity contribution in [1.82, 2.24) is 15.3 Å². The Morgan fingerprint density at radius 1 is 1.10 bits per heavy atom. The number of carbonyl (C=O) groups excluding carboxylic acids is 1. The Kier molecular flexibility index (Phi) is 5.27. The topological polar surface area (TPSA) is 84.1 Å². The van der Waals surface area contributed by atoms with Gasteiger partial charge in [-0.1, -0.05) is 24.3 Å². The highest BCUT2D eigenvalue weighted by Crippen LogP contribution is 2.26. The molecule has 3 N–H and O–H groups in total. The van der Waals surface area contributed by atoms with E-state index in [1.807, 2.05) is 12.1 Å². The summed E-state index contributed by atoms with van der Waals surface area (Å²) in [6, 6.07) is 15.6. The number of ketones is 1. The average Bonchev–Trinajstić information content (AvgIpc) is 2.74. The third-order valence-electron chi connectivity index (χ3n) is 5.44. The zero-order chi connectivity index (χ0) is 20.4. The molecule has 0 bridgehead atoms. The summed E-state index contributed by atoms with van der Waals surface area (Å²) in [5.74, 6) is 0.817. The van der Waals surface area contributed by atoms with Crippen molar-refractivity contribution in [3.8, 4) is 0 Å². The van der Waals surface area contributed by atoms with Gasteiger partial charge in [-0.05, 0) is 54.8 Å². The highest BCUT2D eigenvalue weighted by atomic mass is 16.1. The van der Waals surface area contributed by atoms with Gasteiger partial charge in [-0.15, -0.1) is 0 Å². The van der Waals surface area contributed by atoms with Gasteiger partial charge in [0.05, 0.1) is 11.6 Å². The molecule has 1 atom stereocenters. The van der Waals surface area contributed by atoms with Crippen LogP contribution in [0.3, 0.4) is 0 Å². The summed E-state index contributed by atoms with van der Waals surface area (Å²) in [6.07, 6.45) is 1.57. The minimum Gasteiger partial charge on any atom is -0.383 e. The first-order valence-electron chi connectivity index (χ1n) is 9.81. The molecule has 0 spiro atoms. The molecule has 2 aromatic heterocycles. The Balaban J connectivity index is 1.60. The van der Waals surface area contributed by atoms with E-state index in [1.165, 1.54) is 16.7 Å². The summed E-state index contributed by atoms with van der Waals surface area (Å²) in [7, 11) is 0. The van der Waals surface area contributed by atoms with Crippen LogP contribution in [0.5, 0.6) is 0 Å². The lowest BCUT2D eigenvalue weighted by Gasteiger charge is -2.36. The van der Waals surface area contributed by atoms with E-state index in [1.54, 1.807) is 24.4 Å². The molecule has 3 heterocycles. The Morgan fingerprint density at radius 2 is 1.86 bits per heavy atom. The average molecular weight is 387 g/mol. The molecule has 1 aromatic carbocycles. The van der Waals surface area contributed by atoms with Crippen molar-refractivity contribution < 1.29 is 4.79 Å². The first kappa shape index (κ1) is 19.1. The van der Waals surface area contributed by atoms with Gasteiger partial charge in [0.2, 0.25) is 5.78 Å². The molecule has 0 saturated carbocycles. The molecule has 3 aromatic rings. The van der Waals surface area contributed by atoms with E-state index in [9.17, 15) is 4.79 Å². The van der Waals surface area contributed by atoms with Crippen LogP contribution in [0, 0.1) is 13.8 Å². The minimum atomic E-state index is -0.209. The molecule has 1 unspecified atom stereocenters. The highest BCUT2D eigenvalue weighted by molar-refractivity contribution is 6.10. The number of anilines is 2. The molecule has 6 heteroatoms. The number of aromatic nitrogens is 2. The maximum Gasteiger partial charge on any atom is 0.215 e. The quantitative estimate of drug-likeness (QED) is 0.670. The number of nitrogens with two attached hydrogens (primary N) is 1. The molecule has 0 aliphatic carbocycles. The van der Waals surface area contributed by atoms with Gasteiger partial charge in [0.15, 0.2) is 0 Å². The van der Waals surface area contributed by atoms with Gasteiger partial charge in [-0.3, -0.25) is 4.79 Å². The molecule has 0 amide bonds. The van der Waals surface area contributed by atoms with Crippen LogP contribution in [0.1, 0.15) is 38.8 Å². The highest BCUT2D eigenvalue weighted by Gasteiger charge is 2.25. The maximum absolute atomic E-state index is 12.9. The predicted octanol–water partition coefficient (Wildman–Crippen LogP) is 3.06. The second-order valence-electron chi connectivity index (χ2n) is 7.40. The van der Waals surface area contributed by atoms with Crippen molar-refractivity contribution in [3.63, 3.8) is 0 Å². The molecule has 6 nitrogen and oxygen atoms in total. The third-order valence-corrected chi connectivity index (χ3v) is 5.44. The number of nitrogens with zero attached hydrogens (tertiary/aromatic N) is 3. The summed E-state index contributed by atoms with van der Waals surface area (Å²) in [5.41, 5.74) is 10.5. The number of hydrogen-bond donors (Lipinski definition) is 2. The number of hydrogen-bond acceptors (Lipinski definition) is 6. The van der Waals surface area contributed by atoms with Crippen molar-refractivity contribution in [2.75, 3.05) is 30.3 Å². The zero-order valence-corrected chi connectivity index (χ0v) is 16.7. The van der Waals surface area contributed by atoms with Gasteiger partial charge in [0.1, 0.15) is 17.3 Å². The summed E-state index contributed by atoms with van der Waals surface area (Å²) in [4.78, 5) is 23.8. The van der Waals surface area contributed by atoms with E-state index in [0.29, 0.717) is 11.3 Å². The summed E-state index contributed by atoms with van der Waals surface area (Å²) in [6.45, 7) is 6.79. The van der Waals surface area contributed by atoms with Crippen molar-refractivity contribution in [2.45, 2.75) is 19.9 Å². The second-order valence-corrected chi connectivity index (χ2v) is 7.40. The molecule has 29 heavy (non-hydrogen) atoms. The first-order chi connectivity index (χ1) is 14.0. The van der Waals surface area contributed by atoms with E-state index >= 15 is 0 Å². The van der Waals surface area contributed by atoms with Gasteiger partial charge < -0.3 is 16.0 Å². The number of nitrogen functional groups attached to an aromatic ring is 1. The smallest absolute Gasteiger partial charge is 0.215 e. The van der Waals surface area contributed by atoms with Crippen LogP contribution in [0.25, 0.3) is 0 Å². The van der Waals surface area contributed by atoms with Crippen molar-refractivity contribution in [1.29, 1.82) is 0 Å². The molecule has 148 valence electrons. The Morgan fingerprint density at radius 3 is 2.62 bits per heavy atom. The van der Waals surface area contributed by atoms with Crippen molar-refractivity contribution in [3.05, 3.63) is 82.7 Å². The lowest BCUT2D eigenvalue weighted by Crippen LogP contribution is -2.46. The van der Waals surface area contributed by atoms with Crippen LogP contribution in [0.2, 0.25) is 0 Å². The molecule has 0 radical (unpaired) electrons. The van der Waals surface area contributed by atoms with Crippen LogP contribution >= 0.6 is 0 Å². The summed E-state index contributed by atoms with van der Waals surface area (Å²) < 4.78 is 0.